The van der Waals surface area contributed by atoms with Crippen LogP contribution >= 0.6 is 0 Å². The van der Waals surface area contributed by atoms with E-state index in [0.717, 1.165) is 10.9 Å². The second-order valence-electron chi connectivity index (χ2n) is 6.85. The highest BCUT2D eigenvalue weighted by Gasteiger charge is 2.20. The van der Waals surface area contributed by atoms with Crippen LogP contribution in [0.1, 0.15) is 58.6 Å². The number of benzene rings is 2. The van der Waals surface area contributed by atoms with Gasteiger partial charge in [0.2, 0.25) is 0 Å². The average Bonchev–Trinajstić information content (AvgIpc) is 3.45. The van der Waals surface area contributed by atoms with Crippen molar-refractivity contribution in [2.45, 2.75) is 47.5 Å². The van der Waals surface area contributed by atoms with Crippen LogP contribution in [0.3, 0.4) is 0 Å². The predicted octanol–water partition coefficient (Wildman–Crippen LogP) is 2.53. The number of halogens is 5. The summed E-state index contributed by atoms with van der Waals surface area (Å²) in [6.45, 7) is 21.1. The minimum absolute atomic E-state index is 0. The van der Waals surface area contributed by atoms with Gasteiger partial charge in [-0.2, -0.15) is 0 Å². The molecule has 0 saturated carbocycles. The van der Waals surface area contributed by atoms with Crippen molar-refractivity contribution in [1.29, 1.82) is 0 Å². The zero-order valence-electron chi connectivity index (χ0n) is 23.6. The lowest BCUT2D eigenvalue weighted by molar-refractivity contribution is -0.692. The quantitative estimate of drug-likeness (QED) is 0.104. The number of hydrogen-bond donors (Lipinski definition) is 0. The Balaban J connectivity index is -0.0000000841. The Morgan fingerprint density at radius 3 is 1.33 bits per heavy atom. The van der Waals surface area contributed by atoms with E-state index in [-0.39, 0.29) is 17.1 Å². The Hall–Kier alpha value is -2.56. The molecule has 1 heterocycles. The highest BCUT2D eigenvalue weighted by Crippen LogP contribution is 2.12. The summed E-state index contributed by atoms with van der Waals surface area (Å²) < 4.78 is 29.0. The average molecular weight is 596 g/mol. The maximum Gasteiger partial charge on any atom is 0.762 e. The Bertz CT molecular complexity index is 709. The van der Waals surface area contributed by atoms with Crippen LogP contribution in [-0.2, 0) is 15.9 Å². The first-order chi connectivity index (χ1) is 17.7. The molecule has 0 N–H and O–H groups in total. The molecule has 0 aliphatic carbocycles. The van der Waals surface area contributed by atoms with Gasteiger partial charge in [0.05, 0.1) is 0 Å². The van der Waals surface area contributed by atoms with Crippen molar-refractivity contribution in [2.24, 2.45) is 5.34 Å². The van der Waals surface area contributed by atoms with Gasteiger partial charge in [-0.25, -0.2) is 0 Å². The highest BCUT2D eigenvalue weighted by molar-refractivity contribution is 7.97. The van der Waals surface area contributed by atoms with Crippen LogP contribution in [-0.4, -0.2) is 24.8 Å². The Morgan fingerprint density at radius 2 is 1.21 bits per heavy atom. The molecule has 2 aromatic carbocycles. The lowest BCUT2D eigenvalue weighted by Gasteiger charge is -1.90. The van der Waals surface area contributed by atoms with E-state index >= 15 is 0 Å². The van der Waals surface area contributed by atoms with Crippen molar-refractivity contribution in [3.8, 4) is 0 Å². The minimum Gasteiger partial charge on any atom is -1.00 e. The molecule has 0 bridgehead atoms. The standard InChI is InChI=1S/2C8H8.C6H13S.C4H8.C2H6.BF3.ClH.FH.HNO3/c2*1-2-8-6-4-3-5-7-8;1-2-7-5-3-4-6-7;1-4(2)3;1-2;2-1(3)4;;;2-1-4-3/h2*2-7H,1H2;2-6H2,1H3;1H2,2-3H3;1-2H3;;2*1H;3H/q;;+1;;;;;;/p-3. The minimum atomic E-state index is -3.67. The molecule has 0 unspecified atom stereocenters. The van der Waals surface area contributed by atoms with Gasteiger partial charge in [-0.15, -0.1) is 11.5 Å². The van der Waals surface area contributed by atoms with Crippen molar-refractivity contribution in [3.05, 3.63) is 102 Å². The van der Waals surface area contributed by atoms with E-state index in [1.807, 2.05) is 101 Å². The van der Waals surface area contributed by atoms with E-state index in [0.29, 0.717) is 0 Å². The summed E-state index contributed by atoms with van der Waals surface area (Å²) in [6.07, 6.45) is 6.69. The third-order valence-electron chi connectivity index (χ3n) is 3.63. The summed E-state index contributed by atoms with van der Waals surface area (Å²) >= 11 is 0. The van der Waals surface area contributed by atoms with Crippen LogP contribution in [0, 0.1) is 4.91 Å². The van der Waals surface area contributed by atoms with E-state index in [1.54, 1.807) is 0 Å². The predicted molar refractivity (Wildman–Crippen MR) is 158 cm³/mol. The lowest BCUT2D eigenvalue weighted by Crippen LogP contribution is -3.00. The summed E-state index contributed by atoms with van der Waals surface area (Å²) in [5.41, 5.74) is 3.51. The van der Waals surface area contributed by atoms with E-state index < -0.39 is 7.54 Å². The van der Waals surface area contributed by atoms with Gasteiger partial charge in [-0.1, -0.05) is 105 Å². The summed E-state index contributed by atoms with van der Waals surface area (Å²) in [6, 6.07) is 20.1. The molecule has 39 heavy (non-hydrogen) atoms. The third-order valence-corrected chi connectivity index (χ3v) is 6.17. The molecule has 0 spiro atoms. The molecular weight excluding hydrogens is 553 g/mol. The van der Waals surface area contributed by atoms with E-state index in [9.17, 15) is 12.9 Å². The van der Waals surface area contributed by atoms with E-state index in [4.69, 9.17) is 10.2 Å². The molecule has 1 saturated heterocycles. The van der Waals surface area contributed by atoms with Crippen molar-refractivity contribution in [2.75, 3.05) is 17.3 Å². The molecule has 1 fully saturated rings. The van der Waals surface area contributed by atoms with Gasteiger partial charge < -0.3 is 27.4 Å². The molecular formula is C28H43BClF4NO3S-2. The Labute approximate surface area is 242 Å². The highest BCUT2D eigenvalue weighted by atomic mass is 35.5. The fraction of sp³-hybridized carbons (Fsp3) is 0.357. The summed E-state index contributed by atoms with van der Waals surface area (Å²) in [5.74, 6) is 4.52. The number of rotatable bonds is 4. The molecule has 0 atom stereocenters. The molecule has 1 aliphatic rings. The van der Waals surface area contributed by atoms with Crippen molar-refractivity contribution >= 4 is 30.6 Å². The fourth-order valence-electron chi connectivity index (χ4n) is 2.18. The van der Waals surface area contributed by atoms with Crippen molar-refractivity contribution < 1.29 is 40.3 Å². The maximum atomic E-state index is 9.67. The molecule has 11 heteroatoms. The van der Waals surface area contributed by atoms with E-state index in [1.165, 1.54) is 52.1 Å². The van der Waals surface area contributed by atoms with Crippen LogP contribution in [0.15, 0.2) is 91.3 Å². The SMILES string of the molecule is C=C(C)C.C=Cc1ccccc1.C=Cc1ccccc1.CC.CC[S+]1CCCC1.FB(F)F.O=NO[O-].[Cl-].[F-]. The molecule has 0 amide bonds. The van der Waals surface area contributed by atoms with Gasteiger partial charge in [0.1, 0.15) is 22.6 Å². The van der Waals surface area contributed by atoms with Gasteiger partial charge in [0.15, 0.2) is 0 Å². The van der Waals surface area contributed by atoms with Crippen LogP contribution in [0.25, 0.3) is 12.2 Å². The maximum absolute atomic E-state index is 9.67. The zero-order valence-corrected chi connectivity index (χ0v) is 25.2. The first kappa shape index (κ1) is 49.4. The summed E-state index contributed by atoms with van der Waals surface area (Å²) in [5, 5.41) is 9.75. The second-order valence-corrected chi connectivity index (χ2v) is 9.47. The van der Waals surface area contributed by atoms with Crippen LogP contribution < -0.4 is 22.4 Å². The smallest absolute Gasteiger partial charge is 0.762 e. The van der Waals surface area contributed by atoms with Gasteiger partial charge in [0.25, 0.3) is 0 Å². The van der Waals surface area contributed by atoms with Crippen LogP contribution in [0.4, 0.5) is 12.9 Å². The molecule has 0 radical (unpaired) electrons. The van der Waals surface area contributed by atoms with Crippen molar-refractivity contribution in [3.63, 3.8) is 0 Å². The molecule has 1 aliphatic heterocycles. The molecule has 2 aromatic rings. The molecule has 3 rings (SSSR count). The zero-order chi connectivity index (χ0) is 29.3. The van der Waals surface area contributed by atoms with Crippen LogP contribution in [0.5, 0.6) is 0 Å². The molecule has 224 valence electrons. The van der Waals surface area contributed by atoms with Gasteiger partial charge in [-0.05, 0) is 55.6 Å². The first-order valence-corrected chi connectivity index (χ1v) is 13.6. The fourth-order valence-corrected chi connectivity index (χ4v) is 4.19. The Kier molecular flexibility index (Phi) is 53.9. The third kappa shape index (κ3) is 52.6. The van der Waals surface area contributed by atoms with Crippen molar-refractivity contribution in [1.82, 2.24) is 0 Å². The van der Waals surface area contributed by atoms with Crippen LogP contribution in [0.2, 0.25) is 0 Å². The largest absolute Gasteiger partial charge is 1.00 e. The topological polar surface area (TPSA) is 61.7 Å². The monoisotopic (exact) mass is 595 g/mol. The number of hydrogen-bond acceptors (Lipinski definition) is 4. The van der Waals surface area contributed by atoms with Gasteiger partial charge >= 0.3 is 7.54 Å². The summed E-state index contributed by atoms with van der Waals surface area (Å²) in [7, 11) is -2.80. The molecule has 0 aromatic heterocycles. The summed E-state index contributed by atoms with van der Waals surface area (Å²) in [4.78, 5) is 10.8. The Morgan fingerprint density at radius 1 is 0.949 bits per heavy atom. The van der Waals surface area contributed by atoms with E-state index in [2.05, 4.69) is 31.6 Å². The molecule has 4 nitrogen and oxygen atoms in total. The normalized spacial score (nSPS) is 9.77. The van der Waals surface area contributed by atoms with Gasteiger partial charge in [0, 0.05) is 0 Å². The number of allylic oxidation sites excluding steroid dienone is 1. The number of nitrogens with zero attached hydrogens (tertiary/aromatic N) is 1. The lowest BCUT2D eigenvalue weighted by atomic mass is 10.2. The second kappa shape index (κ2) is 42.5. The van der Waals surface area contributed by atoms with Gasteiger partial charge in [-0.3, -0.25) is 12.9 Å². The first-order valence-electron chi connectivity index (χ1n) is 11.8.